The van der Waals surface area contributed by atoms with Gasteiger partial charge < -0.3 is 9.73 Å². The van der Waals surface area contributed by atoms with Crippen LogP contribution in [0.15, 0.2) is 22.8 Å². The van der Waals surface area contributed by atoms with E-state index in [9.17, 15) is 4.79 Å². The molecule has 1 aromatic rings. The van der Waals surface area contributed by atoms with Gasteiger partial charge in [-0.15, -0.1) is 0 Å². The highest BCUT2D eigenvalue weighted by Gasteiger charge is 2.24. The smallest absolute Gasteiger partial charge is 0.217 e. The molecule has 0 aliphatic carbocycles. The van der Waals surface area contributed by atoms with E-state index in [0.717, 1.165) is 6.54 Å². The third-order valence-corrected chi connectivity index (χ3v) is 2.04. The highest BCUT2D eigenvalue weighted by molar-refractivity contribution is 5.97. The summed E-state index contributed by atoms with van der Waals surface area (Å²) in [4.78, 5) is 11.6. The van der Waals surface area contributed by atoms with Crippen molar-refractivity contribution in [1.29, 1.82) is 0 Å². The third-order valence-electron chi connectivity index (χ3n) is 2.04. The molecule has 4 nitrogen and oxygen atoms in total. The number of ketones is 1. The van der Waals surface area contributed by atoms with Crippen LogP contribution in [0.5, 0.6) is 0 Å². The average molecular weight is 179 g/mol. The molecule has 0 bridgehead atoms. The lowest BCUT2D eigenvalue weighted by atomic mass is 10.1. The van der Waals surface area contributed by atoms with E-state index < -0.39 is 0 Å². The second kappa shape index (κ2) is 3.72. The molecule has 0 aromatic carbocycles. The van der Waals surface area contributed by atoms with Crippen LogP contribution < -0.4 is 10.6 Å². The maximum absolute atomic E-state index is 11.6. The van der Waals surface area contributed by atoms with Crippen molar-refractivity contribution in [1.82, 2.24) is 10.6 Å². The molecule has 1 N–H and O–H groups in total. The lowest BCUT2D eigenvalue weighted by Gasteiger charge is -2.20. The minimum atomic E-state index is -0.264. The molecule has 1 aliphatic rings. The Balaban J connectivity index is 2.04. The number of Topliss-reactive ketones (excluding diaryl/α,β-unsaturated/α-hetero) is 1. The summed E-state index contributed by atoms with van der Waals surface area (Å²) in [7, 11) is 0. The highest BCUT2D eigenvalue weighted by Crippen LogP contribution is 2.05. The lowest BCUT2D eigenvalue weighted by Crippen LogP contribution is -2.48. The standard InChI is InChI=1S/C9H11N2O2/c12-9(8-2-1-5-13-8)7-6-10-3-4-11-7/h1-2,5,7,10H,3-4,6H2. The molecule has 69 valence electrons. The summed E-state index contributed by atoms with van der Waals surface area (Å²) in [6, 6.07) is 3.12. The summed E-state index contributed by atoms with van der Waals surface area (Å²) in [5.41, 5.74) is 0. The quantitative estimate of drug-likeness (QED) is 0.652. The maximum atomic E-state index is 11.6. The normalized spacial score (nSPS) is 22.9. The monoisotopic (exact) mass is 179 g/mol. The van der Waals surface area contributed by atoms with Gasteiger partial charge in [0.15, 0.2) is 5.76 Å². The van der Waals surface area contributed by atoms with Crippen LogP contribution in [-0.4, -0.2) is 31.5 Å². The molecule has 1 radical (unpaired) electrons. The molecule has 0 spiro atoms. The Morgan fingerprint density at radius 3 is 3.23 bits per heavy atom. The Hall–Kier alpha value is -1.13. The first-order chi connectivity index (χ1) is 6.38. The zero-order valence-electron chi connectivity index (χ0n) is 7.19. The summed E-state index contributed by atoms with van der Waals surface area (Å²) in [5.74, 6) is 0.370. The number of furan rings is 1. The van der Waals surface area contributed by atoms with Gasteiger partial charge in [-0.25, -0.2) is 5.32 Å². The molecular weight excluding hydrogens is 168 g/mol. The molecule has 1 aromatic heterocycles. The van der Waals surface area contributed by atoms with Gasteiger partial charge >= 0.3 is 0 Å². The van der Waals surface area contributed by atoms with Gasteiger partial charge in [-0.05, 0) is 12.1 Å². The van der Waals surface area contributed by atoms with E-state index in [0.29, 0.717) is 18.8 Å². The Labute approximate surface area is 76.3 Å². The average Bonchev–Trinajstić information content (AvgIpc) is 2.71. The molecule has 0 saturated carbocycles. The lowest BCUT2D eigenvalue weighted by molar-refractivity contribution is 0.0904. The van der Waals surface area contributed by atoms with Crippen LogP contribution in [0.2, 0.25) is 0 Å². The van der Waals surface area contributed by atoms with Crippen molar-refractivity contribution in [2.45, 2.75) is 6.04 Å². The van der Waals surface area contributed by atoms with E-state index in [2.05, 4.69) is 10.6 Å². The topological polar surface area (TPSA) is 56.3 Å². The Morgan fingerprint density at radius 1 is 1.69 bits per heavy atom. The molecule has 1 saturated heterocycles. The first-order valence-electron chi connectivity index (χ1n) is 4.33. The minimum absolute atomic E-state index is 0.0304. The number of hydrogen-bond donors (Lipinski definition) is 1. The largest absolute Gasteiger partial charge is 0.461 e. The van der Waals surface area contributed by atoms with Gasteiger partial charge in [-0.3, -0.25) is 4.79 Å². The molecule has 1 unspecified atom stereocenters. The summed E-state index contributed by atoms with van der Waals surface area (Å²) in [6.45, 7) is 2.19. The number of hydrogen-bond acceptors (Lipinski definition) is 3. The summed E-state index contributed by atoms with van der Waals surface area (Å²) in [5, 5.41) is 7.33. The van der Waals surface area contributed by atoms with Gasteiger partial charge in [0.25, 0.3) is 0 Å². The van der Waals surface area contributed by atoms with Crippen molar-refractivity contribution in [3.8, 4) is 0 Å². The summed E-state index contributed by atoms with van der Waals surface area (Å²) in [6.07, 6.45) is 1.50. The first-order valence-corrected chi connectivity index (χ1v) is 4.33. The predicted molar refractivity (Wildman–Crippen MR) is 46.7 cm³/mol. The maximum Gasteiger partial charge on any atom is 0.217 e. The minimum Gasteiger partial charge on any atom is -0.461 e. The second-order valence-electron chi connectivity index (χ2n) is 2.97. The zero-order valence-corrected chi connectivity index (χ0v) is 7.19. The SMILES string of the molecule is O=C(c1ccco1)C1CNCC[N]1. The highest BCUT2D eigenvalue weighted by atomic mass is 16.3. The van der Waals surface area contributed by atoms with Crippen molar-refractivity contribution in [2.24, 2.45) is 0 Å². The van der Waals surface area contributed by atoms with Gasteiger partial charge in [0.1, 0.15) is 6.04 Å². The van der Waals surface area contributed by atoms with Crippen LogP contribution in [-0.2, 0) is 0 Å². The Morgan fingerprint density at radius 2 is 2.62 bits per heavy atom. The van der Waals surface area contributed by atoms with Crippen molar-refractivity contribution in [2.75, 3.05) is 19.6 Å². The van der Waals surface area contributed by atoms with Crippen LogP contribution in [0.4, 0.5) is 0 Å². The fourth-order valence-corrected chi connectivity index (χ4v) is 1.36. The van der Waals surface area contributed by atoms with E-state index in [4.69, 9.17) is 4.42 Å². The number of nitrogens with zero attached hydrogens (tertiary/aromatic N) is 1. The van der Waals surface area contributed by atoms with Crippen molar-refractivity contribution < 1.29 is 9.21 Å². The van der Waals surface area contributed by atoms with Crippen LogP contribution in [0, 0.1) is 0 Å². The van der Waals surface area contributed by atoms with Crippen molar-refractivity contribution >= 4 is 5.78 Å². The van der Waals surface area contributed by atoms with Crippen LogP contribution in [0.1, 0.15) is 10.6 Å². The first kappa shape index (κ1) is 8.47. The Bertz CT molecular complexity index is 276. The van der Waals surface area contributed by atoms with Gasteiger partial charge in [-0.2, -0.15) is 0 Å². The van der Waals surface area contributed by atoms with E-state index in [1.165, 1.54) is 6.26 Å². The number of carbonyl (C=O) groups excluding carboxylic acids is 1. The van der Waals surface area contributed by atoms with Crippen LogP contribution in [0.3, 0.4) is 0 Å². The summed E-state index contributed by atoms with van der Waals surface area (Å²) >= 11 is 0. The molecule has 1 aliphatic heterocycles. The fraction of sp³-hybridized carbons (Fsp3) is 0.444. The van der Waals surface area contributed by atoms with Gasteiger partial charge in [0, 0.05) is 19.6 Å². The molecule has 2 heterocycles. The Kier molecular flexibility index (Phi) is 2.42. The number of rotatable bonds is 2. The van der Waals surface area contributed by atoms with E-state index in [-0.39, 0.29) is 11.8 Å². The fourth-order valence-electron chi connectivity index (χ4n) is 1.36. The summed E-state index contributed by atoms with van der Waals surface area (Å²) < 4.78 is 5.01. The molecule has 4 heteroatoms. The van der Waals surface area contributed by atoms with Crippen LogP contribution in [0.25, 0.3) is 0 Å². The van der Waals surface area contributed by atoms with Crippen LogP contribution >= 0.6 is 0 Å². The molecule has 1 atom stereocenters. The van der Waals surface area contributed by atoms with Gasteiger partial charge in [0.2, 0.25) is 5.78 Å². The second-order valence-corrected chi connectivity index (χ2v) is 2.97. The predicted octanol–water partition coefficient (Wildman–Crippen LogP) is 0.0385. The molecule has 2 rings (SSSR count). The van der Waals surface area contributed by atoms with Crippen molar-refractivity contribution in [3.63, 3.8) is 0 Å². The molecule has 13 heavy (non-hydrogen) atoms. The number of piperazine rings is 1. The van der Waals surface area contributed by atoms with Gasteiger partial charge in [0.05, 0.1) is 6.26 Å². The van der Waals surface area contributed by atoms with E-state index in [1.807, 2.05) is 0 Å². The third kappa shape index (κ3) is 1.79. The van der Waals surface area contributed by atoms with E-state index in [1.54, 1.807) is 12.1 Å². The molecule has 1 fully saturated rings. The van der Waals surface area contributed by atoms with Gasteiger partial charge in [-0.1, -0.05) is 0 Å². The van der Waals surface area contributed by atoms with Crippen molar-refractivity contribution in [3.05, 3.63) is 24.2 Å². The molecule has 0 amide bonds. The molecular formula is C9H11N2O2. The number of nitrogens with one attached hydrogen (secondary N) is 1. The number of carbonyl (C=O) groups is 1. The zero-order chi connectivity index (χ0) is 9.10. The van der Waals surface area contributed by atoms with E-state index >= 15 is 0 Å².